The van der Waals surface area contributed by atoms with Gasteiger partial charge in [0.25, 0.3) is 0 Å². The minimum atomic E-state index is -1.26. The maximum atomic E-state index is 13.5. The van der Waals surface area contributed by atoms with Crippen LogP contribution in [0.5, 0.6) is 0 Å². The average molecular weight is 235 g/mol. The van der Waals surface area contributed by atoms with Gasteiger partial charge in [0.2, 0.25) is 0 Å². The molecule has 0 aliphatic heterocycles. The predicted octanol–water partition coefficient (Wildman–Crippen LogP) is 2.73. The van der Waals surface area contributed by atoms with Crippen molar-refractivity contribution in [2.24, 2.45) is 0 Å². The number of carboxylic acids is 1. The molecule has 0 saturated heterocycles. The van der Waals surface area contributed by atoms with Gasteiger partial charge in [-0.25, -0.2) is 18.6 Å². The van der Waals surface area contributed by atoms with Crippen LogP contribution >= 0.6 is 0 Å². The molecule has 2 rings (SSSR count). The number of aromatic carboxylic acids is 1. The maximum absolute atomic E-state index is 13.5. The number of nitrogens with zero attached hydrogens (tertiary/aromatic N) is 1. The number of benzene rings is 1. The van der Waals surface area contributed by atoms with Crippen LogP contribution in [0.4, 0.5) is 8.78 Å². The van der Waals surface area contributed by atoms with E-state index in [2.05, 4.69) is 4.98 Å². The average Bonchev–Trinajstić information content (AvgIpc) is 2.29. The van der Waals surface area contributed by atoms with E-state index in [1.165, 1.54) is 24.4 Å². The quantitative estimate of drug-likeness (QED) is 0.870. The Labute approximate surface area is 95.4 Å². The van der Waals surface area contributed by atoms with Gasteiger partial charge in [0.15, 0.2) is 5.69 Å². The highest BCUT2D eigenvalue weighted by Gasteiger charge is 2.15. The molecule has 0 atom stereocenters. The standard InChI is InChI=1S/C12H7F2NO2/c13-7-3-4-8(10(14)6-7)9-2-1-5-15-11(9)12(16)17/h1-6H,(H,16,17). The number of aromatic nitrogens is 1. The van der Waals surface area contributed by atoms with E-state index < -0.39 is 17.6 Å². The predicted molar refractivity (Wildman–Crippen MR) is 56.5 cm³/mol. The van der Waals surface area contributed by atoms with E-state index in [1.54, 1.807) is 0 Å². The van der Waals surface area contributed by atoms with E-state index in [1.807, 2.05) is 0 Å². The summed E-state index contributed by atoms with van der Waals surface area (Å²) in [6, 6.07) is 5.87. The first-order valence-electron chi connectivity index (χ1n) is 4.73. The Morgan fingerprint density at radius 2 is 1.94 bits per heavy atom. The Morgan fingerprint density at radius 3 is 2.59 bits per heavy atom. The summed E-state index contributed by atoms with van der Waals surface area (Å²) in [4.78, 5) is 14.6. The molecule has 0 spiro atoms. The minimum Gasteiger partial charge on any atom is -0.476 e. The molecule has 0 aliphatic rings. The molecule has 3 nitrogen and oxygen atoms in total. The number of halogens is 2. The molecule has 86 valence electrons. The fraction of sp³-hybridized carbons (Fsp3) is 0. The third-order valence-corrected chi connectivity index (χ3v) is 2.23. The van der Waals surface area contributed by atoms with E-state index in [0.29, 0.717) is 6.07 Å². The first kappa shape index (κ1) is 11.2. The highest BCUT2D eigenvalue weighted by Crippen LogP contribution is 2.25. The van der Waals surface area contributed by atoms with Crippen molar-refractivity contribution in [1.29, 1.82) is 0 Å². The Balaban J connectivity index is 2.64. The molecule has 1 aromatic heterocycles. The number of pyridine rings is 1. The van der Waals surface area contributed by atoms with Crippen molar-refractivity contribution in [3.05, 3.63) is 53.9 Å². The summed E-state index contributed by atoms with van der Waals surface area (Å²) in [5.74, 6) is -2.79. The highest BCUT2D eigenvalue weighted by atomic mass is 19.1. The van der Waals surface area contributed by atoms with Gasteiger partial charge in [-0.2, -0.15) is 0 Å². The van der Waals surface area contributed by atoms with Crippen molar-refractivity contribution in [2.75, 3.05) is 0 Å². The molecule has 1 heterocycles. The summed E-state index contributed by atoms with van der Waals surface area (Å²) in [5, 5.41) is 8.91. The Kier molecular flexibility index (Phi) is 2.82. The van der Waals surface area contributed by atoms with Crippen molar-refractivity contribution in [1.82, 2.24) is 4.98 Å². The second-order valence-corrected chi connectivity index (χ2v) is 3.33. The summed E-state index contributed by atoms with van der Waals surface area (Å²) < 4.78 is 26.3. The number of carboxylic acid groups (broad SMARTS) is 1. The van der Waals surface area contributed by atoms with Gasteiger partial charge < -0.3 is 5.11 Å². The van der Waals surface area contributed by atoms with Gasteiger partial charge >= 0.3 is 5.97 Å². The van der Waals surface area contributed by atoms with Crippen LogP contribution in [0.2, 0.25) is 0 Å². The molecule has 1 N–H and O–H groups in total. The van der Waals surface area contributed by atoms with Crippen molar-refractivity contribution in [3.8, 4) is 11.1 Å². The Bertz CT molecular complexity index is 584. The molecule has 0 saturated carbocycles. The van der Waals surface area contributed by atoms with E-state index in [9.17, 15) is 13.6 Å². The zero-order valence-electron chi connectivity index (χ0n) is 8.52. The fourth-order valence-electron chi connectivity index (χ4n) is 1.50. The smallest absolute Gasteiger partial charge is 0.355 e. The monoisotopic (exact) mass is 235 g/mol. The van der Waals surface area contributed by atoms with E-state index >= 15 is 0 Å². The fourth-order valence-corrected chi connectivity index (χ4v) is 1.50. The molecule has 0 fully saturated rings. The van der Waals surface area contributed by atoms with Crippen LogP contribution in [0.25, 0.3) is 11.1 Å². The molecular weight excluding hydrogens is 228 g/mol. The number of rotatable bonds is 2. The Hall–Kier alpha value is -2.30. The van der Waals surface area contributed by atoms with Crippen molar-refractivity contribution in [2.45, 2.75) is 0 Å². The van der Waals surface area contributed by atoms with Gasteiger partial charge in [-0.1, -0.05) is 6.07 Å². The molecule has 2 aromatic rings. The minimum absolute atomic E-state index is 0.0110. The molecule has 1 aromatic carbocycles. The highest BCUT2D eigenvalue weighted by molar-refractivity contribution is 5.93. The van der Waals surface area contributed by atoms with Crippen LogP contribution < -0.4 is 0 Å². The molecule has 5 heteroatoms. The topological polar surface area (TPSA) is 50.2 Å². The SMILES string of the molecule is O=C(O)c1ncccc1-c1ccc(F)cc1F. The van der Waals surface area contributed by atoms with E-state index in [-0.39, 0.29) is 16.8 Å². The van der Waals surface area contributed by atoms with Crippen LogP contribution in [0.1, 0.15) is 10.5 Å². The van der Waals surface area contributed by atoms with Crippen molar-refractivity contribution >= 4 is 5.97 Å². The van der Waals surface area contributed by atoms with Gasteiger partial charge in [0, 0.05) is 23.4 Å². The summed E-state index contributed by atoms with van der Waals surface area (Å²) in [6.07, 6.45) is 1.30. The zero-order valence-corrected chi connectivity index (χ0v) is 8.52. The van der Waals surface area contributed by atoms with Gasteiger partial charge in [0.05, 0.1) is 0 Å². The first-order chi connectivity index (χ1) is 8.09. The largest absolute Gasteiger partial charge is 0.476 e. The van der Waals surface area contributed by atoms with Crippen LogP contribution in [-0.4, -0.2) is 16.1 Å². The molecule has 0 radical (unpaired) electrons. The molecule has 0 unspecified atom stereocenters. The summed E-state index contributed by atoms with van der Waals surface area (Å²) in [6.45, 7) is 0. The summed E-state index contributed by atoms with van der Waals surface area (Å²) in [7, 11) is 0. The van der Waals surface area contributed by atoms with E-state index in [4.69, 9.17) is 5.11 Å². The molecule has 0 amide bonds. The molecular formula is C12H7F2NO2. The maximum Gasteiger partial charge on any atom is 0.355 e. The second kappa shape index (κ2) is 4.29. The summed E-state index contributed by atoms with van der Waals surface area (Å²) >= 11 is 0. The van der Waals surface area contributed by atoms with Crippen molar-refractivity contribution in [3.63, 3.8) is 0 Å². The van der Waals surface area contributed by atoms with E-state index in [0.717, 1.165) is 6.07 Å². The van der Waals surface area contributed by atoms with Crippen molar-refractivity contribution < 1.29 is 18.7 Å². The van der Waals surface area contributed by atoms with Gasteiger partial charge in [-0.15, -0.1) is 0 Å². The van der Waals surface area contributed by atoms with Crippen LogP contribution in [0.3, 0.4) is 0 Å². The first-order valence-corrected chi connectivity index (χ1v) is 4.73. The third kappa shape index (κ3) is 2.13. The number of hydrogen-bond acceptors (Lipinski definition) is 2. The lowest BCUT2D eigenvalue weighted by atomic mass is 10.0. The lowest BCUT2D eigenvalue weighted by molar-refractivity contribution is 0.0691. The lowest BCUT2D eigenvalue weighted by Crippen LogP contribution is -2.03. The normalized spacial score (nSPS) is 10.2. The lowest BCUT2D eigenvalue weighted by Gasteiger charge is -2.06. The van der Waals surface area contributed by atoms with Gasteiger partial charge in [0.1, 0.15) is 11.6 Å². The third-order valence-electron chi connectivity index (χ3n) is 2.23. The van der Waals surface area contributed by atoms with Crippen LogP contribution in [0, 0.1) is 11.6 Å². The second-order valence-electron chi connectivity index (χ2n) is 3.33. The van der Waals surface area contributed by atoms with Gasteiger partial charge in [-0.05, 0) is 18.2 Å². The molecule has 17 heavy (non-hydrogen) atoms. The zero-order chi connectivity index (χ0) is 12.4. The Morgan fingerprint density at radius 1 is 1.18 bits per heavy atom. The molecule has 0 aliphatic carbocycles. The van der Waals surface area contributed by atoms with Crippen LogP contribution in [0.15, 0.2) is 36.5 Å². The number of carbonyl (C=O) groups is 1. The van der Waals surface area contributed by atoms with Crippen LogP contribution in [-0.2, 0) is 0 Å². The number of hydrogen-bond donors (Lipinski definition) is 1. The summed E-state index contributed by atoms with van der Waals surface area (Å²) in [5.41, 5.74) is -0.132. The molecule has 0 bridgehead atoms. The van der Waals surface area contributed by atoms with Gasteiger partial charge in [-0.3, -0.25) is 0 Å².